The molecule has 1 aliphatic rings. The minimum absolute atomic E-state index is 0.107. The summed E-state index contributed by atoms with van der Waals surface area (Å²) in [5.41, 5.74) is 5.83. The van der Waals surface area contributed by atoms with Crippen LogP contribution in [-0.4, -0.2) is 44.5 Å². The molecule has 4 rings (SSSR count). The lowest BCUT2D eigenvalue weighted by Crippen LogP contribution is -2.44. The lowest BCUT2D eigenvalue weighted by atomic mass is 9.92. The number of hydrogen-bond donors (Lipinski definition) is 1. The van der Waals surface area contributed by atoms with Gasteiger partial charge in [-0.15, -0.1) is 0 Å². The Hall–Kier alpha value is -3.45. The summed E-state index contributed by atoms with van der Waals surface area (Å²) in [6, 6.07) is 18.0. The van der Waals surface area contributed by atoms with Gasteiger partial charge in [0.05, 0.1) is 27.4 Å². The van der Waals surface area contributed by atoms with E-state index < -0.39 is 0 Å². The van der Waals surface area contributed by atoms with Crippen LogP contribution in [-0.2, 0) is 12.8 Å². The number of para-hydroxylation sites is 1. The Morgan fingerprint density at radius 2 is 1.67 bits per heavy atom. The molecule has 3 aromatic rings. The molecule has 190 valence electrons. The predicted molar refractivity (Wildman–Crippen MR) is 148 cm³/mol. The third-order valence-corrected chi connectivity index (χ3v) is 7.04. The quantitative estimate of drug-likeness (QED) is 0.379. The molecule has 1 atom stereocenters. The van der Waals surface area contributed by atoms with Crippen LogP contribution in [0.2, 0.25) is 0 Å². The van der Waals surface area contributed by atoms with Crippen molar-refractivity contribution in [2.75, 3.05) is 39.8 Å². The van der Waals surface area contributed by atoms with Crippen molar-refractivity contribution in [3.63, 3.8) is 0 Å². The minimum Gasteiger partial charge on any atom is -0.497 e. The molecular weight excluding hydrogens is 472 g/mol. The van der Waals surface area contributed by atoms with Crippen LogP contribution in [0.25, 0.3) is 0 Å². The van der Waals surface area contributed by atoms with E-state index in [0.717, 1.165) is 47.9 Å². The zero-order valence-corrected chi connectivity index (χ0v) is 22.4. The monoisotopic (exact) mass is 506 g/mol. The number of rotatable bonds is 8. The lowest BCUT2D eigenvalue weighted by molar-refractivity contribution is 0.190. The van der Waals surface area contributed by atoms with E-state index in [1.165, 1.54) is 16.7 Å². The minimum atomic E-state index is -0.107. The number of fused-ring (bicyclic) bond motifs is 1. The first-order valence-corrected chi connectivity index (χ1v) is 12.6. The first kappa shape index (κ1) is 25.6. The molecular formula is C29H34N2O4S. The molecule has 0 unspecified atom stereocenters. The van der Waals surface area contributed by atoms with E-state index in [-0.39, 0.29) is 6.04 Å². The van der Waals surface area contributed by atoms with E-state index in [9.17, 15) is 0 Å². The Morgan fingerprint density at radius 1 is 0.972 bits per heavy atom. The average Bonchev–Trinajstić information content (AvgIpc) is 2.91. The highest BCUT2D eigenvalue weighted by Gasteiger charge is 2.32. The molecule has 3 aromatic carbocycles. The summed E-state index contributed by atoms with van der Waals surface area (Å²) in [4.78, 5) is 2.22. The summed E-state index contributed by atoms with van der Waals surface area (Å²) in [6.45, 7) is 5.45. The van der Waals surface area contributed by atoms with Crippen LogP contribution in [0.1, 0.15) is 35.2 Å². The maximum Gasteiger partial charge on any atom is 0.174 e. The van der Waals surface area contributed by atoms with Gasteiger partial charge in [0.1, 0.15) is 18.1 Å². The third-order valence-electron chi connectivity index (χ3n) is 6.70. The van der Waals surface area contributed by atoms with Crippen molar-refractivity contribution in [1.29, 1.82) is 0 Å². The molecule has 0 amide bonds. The normalized spacial score (nSPS) is 14.6. The molecule has 1 aliphatic heterocycles. The van der Waals surface area contributed by atoms with Crippen LogP contribution in [0.15, 0.2) is 54.6 Å². The molecule has 0 radical (unpaired) electrons. The second-order valence-electron chi connectivity index (χ2n) is 8.74. The van der Waals surface area contributed by atoms with E-state index in [4.69, 9.17) is 31.2 Å². The predicted octanol–water partition coefficient (Wildman–Crippen LogP) is 5.96. The number of ether oxygens (including phenoxy) is 4. The number of nitrogens with one attached hydrogen (secondary N) is 1. The van der Waals surface area contributed by atoms with Crippen molar-refractivity contribution < 1.29 is 18.9 Å². The van der Waals surface area contributed by atoms with Gasteiger partial charge < -0.3 is 29.2 Å². The Balaban J connectivity index is 1.66. The van der Waals surface area contributed by atoms with Crippen molar-refractivity contribution >= 4 is 23.0 Å². The highest BCUT2D eigenvalue weighted by molar-refractivity contribution is 7.80. The van der Waals surface area contributed by atoms with Gasteiger partial charge in [0.2, 0.25) is 0 Å². The van der Waals surface area contributed by atoms with E-state index in [0.29, 0.717) is 17.5 Å². The fourth-order valence-corrected chi connectivity index (χ4v) is 5.00. The molecule has 1 heterocycles. The molecule has 7 heteroatoms. The highest BCUT2D eigenvalue weighted by atomic mass is 32.1. The van der Waals surface area contributed by atoms with Gasteiger partial charge in [-0.2, -0.15) is 0 Å². The van der Waals surface area contributed by atoms with Crippen molar-refractivity contribution in [3.8, 4) is 23.0 Å². The maximum absolute atomic E-state index is 6.27. The van der Waals surface area contributed by atoms with Gasteiger partial charge in [-0.1, -0.05) is 25.1 Å². The van der Waals surface area contributed by atoms with E-state index >= 15 is 0 Å². The fourth-order valence-electron chi connectivity index (χ4n) is 4.68. The molecule has 0 aromatic heterocycles. The van der Waals surface area contributed by atoms with Crippen molar-refractivity contribution in [1.82, 2.24) is 4.90 Å². The summed E-state index contributed by atoms with van der Waals surface area (Å²) in [5, 5.41) is 4.24. The van der Waals surface area contributed by atoms with Crippen LogP contribution in [0.4, 0.5) is 5.69 Å². The van der Waals surface area contributed by atoms with E-state index in [2.05, 4.69) is 54.4 Å². The van der Waals surface area contributed by atoms with E-state index in [1.54, 1.807) is 21.3 Å². The fraction of sp³-hybridized carbons (Fsp3) is 0.345. The number of hydrogen-bond acceptors (Lipinski definition) is 5. The van der Waals surface area contributed by atoms with Crippen molar-refractivity contribution in [2.45, 2.75) is 32.7 Å². The largest absolute Gasteiger partial charge is 0.497 e. The molecule has 0 saturated heterocycles. The topological polar surface area (TPSA) is 52.2 Å². The van der Waals surface area contributed by atoms with Crippen LogP contribution < -0.4 is 24.3 Å². The summed E-state index contributed by atoms with van der Waals surface area (Å²) in [5.74, 6) is 2.99. The van der Waals surface area contributed by atoms with E-state index in [1.807, 2.05) is 24.3 Å². The SMILES string of the molecule is CCc1cccc(C)c1NC(=S)N1CCc2cc(OC)c(OC)cc2[C@H]1COc1ccc(OC)cc1. The van der Waals surface area contributed by atoms with Gasteiger partial charge in [0, 0.05) is 12.2 Å². The van der Waals surface area contributed by atoms with Crippen LogP contribution in [0.3, 0.4) is 0 Å². The van der Waals surface area contributed by atoms with Gasteiger partial charge in [0.15, 0.2) is 16.6 Å². The molecule has 0 fully saturated rings. The molecule has 0 saturated carbocycles. The van der Waals surface area contributed by atoms with Crippen LogP contribution in [0, 0.1) is 6.92 Å². The molecule has 0 aliphatic carbocycles. The standard InChI is InChI=1S/C29H34N2O4S/c1-6-20-9-7-8-19(2)28(20)30-29(36)31-15-14-21-16-26(33-4)27(34-5)17-24(21)25(31)18-35-23-12-10-22(32-3)11-13-23/h7-13,16-17,25H,6,14-15,18H2,1-5H3,(H,30,36)/t25-/m1/s1. The van der Waals surface area contributed by atoms with Crippen LogP contribution >= 0.6 is 12.2 Å². The zero-order valence-electron chi connectivity index (χ0n) is 21.6. The summed E-state index contributed by atoms with van der Waals surface area (Å²) >= 11 is 5.99. The number of nitrogens with zero attached hydrogens (tertiary/aromatic N) is 1. The number of anilines is 1. The van der Waals surface area contributed by atoms with Gasteiger partial charge in [-0.25, -0.2) is 0 Å². The smallest absolute Gasteiger partial charge is 0.174 e. The molecule has 6 nitrogen and oxygen atoms in total. The summed E-state index contributed by atoms with van der Waals surface area (Å²) in [6.07, 6.45) is 1.77. The first-order valence-electron chi connectivity index (χ1n) is 12.2. The van der Waals surface area contributed by atoms with Crippen molar-refractivity contribution in [2.24, 2.45) is 0 Å². The number of methoxy groups -OCH3 is 3. The number of thiocarbonyl (C=S) groups is 1. The number of benzene rings is 3. The van der Waals surface area contributed by atoms with Gasteiger partial charge >= 0.3 is 0 Å². The number of aryl methyl sites for hydroxylation is 2. The molecule has 0 bridgehead atoms. The van der Waals surface area contributed by atoms with Gasteiger partial charge in [0.25, 0.3) is 0 Å². The van der Waals surface area contributed by atoms with Crippen molar-refractivity contribution in [3.05, 3.63) is 76.9 Å². The molecule has 1 N–H and O–H groups in total. The van der Waals surface area contributed by atoms with Gasteiger partial charge in [-0.3, -0.25) is 0 Å². The Bertz CT molecular complexity index is 1210. The summed E-state index contributed by atoms with van der Waals surface area (Å²) < 4.78 is 22.7. The Morgan fingerprint density at radius 3 is 2.33 bits per heavy atom. The summed E-state index contributed by atoms with van der Waals surface area (Å²) in [7, 11) is 4.97. The lowest BCUT2D eigenvalue weighted by Gasteiger charge is -2.39. The Labute approximate surface area is 219 Å². The average molecular weight is 507 g/mol. The second kappa shape index (κ2) is 11.5. The third kappa shape index (κ3) is 5.36. The Kier molecular flexibility index (Phi) is 8.21. The molecule has 0 spiro atoms. The van der Waals surface area contributed by atoms with Gasteiger partial charge in [-0.05, 0) is 90.6 Å². The second-order valence-corrected chi connectivity index (χ2v) is 9.13. The molecule has 36 heavy (non-hydrogen) atoms. The first-order chi connectivity index (χ1) is 17.5. The van der Waals surface area contributed by atoms with Crippen LogP contribution in [0.5, 0.6) is 23.0 Å². The zero-order chi connectivity index (χ0) is 25.7. The highest BCUT2D eigenvalue weighted by Crippen LogP contribution is 2.39. The maximum atomic E-state index is 6.27.